The average molecular weight is 251 g/mol. The Labute approximate surface area is 116 Å². The third kappa shape index (κ3) is 2.93. The Kier molecular flexibility index (Phi) is 4.51. The minimum atomic E-state index is 1.06. The highest BCUT2D eigenvalue weighted by Crippen LogP contribution is 2.29. The van der Waals surface area contributed by atoms with Crippen molar-refractivity contribution in [2.75, 3.05) is 0 Å². The van der Waals surface area contributed by atoms with E-state index < -0.39 is 0 Å². The Bertz CT molecular complexity index is 582. The summed E-state index contributed by atoms with van der Waals surface area (Å²) in [4.78, 5) is 4.48. The standard InChI is InChI=1S/C16H15N.C2H6/c1-12-5-4-6-13(11-12)14-9-10-17-16-8-3-2-7-15(14)16;1-2/h2,4-7,9-11H,3,8H2,1H3;1-2H3. The predicted octanol–water partition coefficient (Wildman–Crippen LogP) is 5.04. The van der Waals surface area contributed by atoms with Gasteiger partial charge in [-0.2, -0.15) is 0 Å². The van der Waals surface area contributed by atoms with E-state index in [0.717, 1.165) is 12.8 Å². The molecule has 0 spiro atoms. The Balaban J connectivity index is 0.000000637. The molecule has 0 bridgehead atoms. The van der Waals surface area contributed by atoms with E-state index in [1.165, 1.54) is 27.9 Å². The maximum atomic E-state index is 4.48. The summed E-state index contributed by atoms with van der Waals surface area (Å²) in [5.41, 5.74) is 6.41. The molecule has 1 heterocycles. The van der Waals surface area contributed by atoms with Gasteiger partial charge in [-0.1, -0.05) is 55.8 Å². The lowest BCUT2D eigenvalue weighted by Crippen LogP contribution is -1.99. The number of aromatic nitrogens is 1. The number of aryl methyl sites for hydroxylation is 2. The SMILES string of the molecule is CC.Cc1cccc(-c2ccnc3c2C=CCC3)c1. The van der Waals surface area contributed by atoms with E-state index in [9.17, 15) is 0 Å². The second-order valence-corrected chi connectivity index (χ2v) is 4.53. The summed E-state index contributed by atoms with van der Waals surface area (Å²) in [5.74, 6) is 0. The Hall–Kier alpha value is -1.89. The predicted molar refractivity (Wildman–Crippen MR) is 83.1 cm³/mol. The first kappa shape index (κ1) is 13.5. The molecule has 1 aliphatic carbocycles. The van der Waals surface area contributed by atoms with Crippen LogP contribution >= 0.6 is 0 Å². The molecule has 0 saturated carbocycles. The zero-order valence-corrected chi connectivity index (χ0v) is 12.0. The van der Waals surface area contributed by atoms with Gasteiger partial charge in [-0.25, -0.2) is 0 Å². The summed E-state index contributed by atoms with van der Waals surface area (Å²) in [6.07, 6.45) is 8.55. The number of hydrogen-bond acceptors (Lipinski definition) is 1. The first-order chi connectivity index (χ1) is 9.34. The van der Waals surface area contributed by atoms with Crippen molar-refractivity contribution in [1.82, 2.24) is 4.98 Å². The molecule has 1 aromatic heterocycles. The van der Waals surface area contributed by atoms with Crippen LogP contribution in [0.15, 0.2) is 42.6 Å². The topological polar surface area (TPSA) is 12.9 Å². The summed E-state index contributed by atoms with van der Waals surface area (Å²) in [6.45, 7) is 6.13. The van der Waals surface area contributed by atoms with Gasteiger partial charge in [0.25, 0.3) is 0 Å². The van der Waals surface area contributed by atoms with Gasteiger partial charge in [0.2, 0.25) is 0 Å². The second kappa shape index (κ2) is 6.33. The number of nitrogens with zero attached hydrogens (tertiary/aromatic N) is 1. The zero-order valence-electron chi connectivity index (χ0n) is 12.0. The van der Waals surface area contributed by atoms with Crippen LogP contribution in [0.2, 0.25) is 0 Å². The van der Waals surface area contributed by atoms with Gasteiger partial charge in [-0.15, -0.1) is 0 Å². The molecule has 0 amide bonds. The van der Waals surface area contributed by atoms with Crippen molar-refractivity contribution in [1.29, 1.82) is 0 Å². The van der Waals surface area contributed by atoms with Gasteiger partial charge in [0.1, 0.15) is 0 Å². The van der Waals surface area contributed by atoms with Crippen molar-refractivity contribution in [3.05, 3.63) is 59.4 Å². The van der Waals surface area contributed by atoms with Crippen molar-refractivity contribution < 1.29 is 0 Å². The van der Waals surface area contributed by atoms with Gasteiger partial charge < -0.3 is 0 Å². The van der Waals surface area contributed by atoms with Crippen LogP contribution in [0.4, 0.5) is 0 Å². The van der Waals surface area contributed by atoms with E-state index >= 15 is 0 Å². The zero-order chi connectivity index (χ0) is 13.7. The van der Waals surface area contributed by atoms with E-state index in [-0.39, 0.29) is 0 Å². The van der Waals surface area contributed by atoms with Crippen molar-refractivity contribution >= 4 is 6.08 Å². The molecule has 1 aromatic carbocycles. The lowest BCUT2D eigenvalue weighted by molar-refractivity contribution is 0.928. The molecule has 1 aliphatic rings. The minimum Gasteiger partial charge on any atom is -0.261 e. The maximum absolute atomic E-state index is 4.48. The molecule has 0 radical (unpaired) electrons. The summed E-state index contributed by atoms with van der Waals surface area (Å²) >= 11 is 0. The molecule has 0 N–H and O–H groups in total. The molecule has 0 atom stereocenters. The molecule has 0 saturated heterocycles. The molecule has 1 nitrogen and oxygen atoms in total. The smallest absolute Gasteiger partial charge is 0.0485 e. The molecule has 0 unspecified atom stereocenters. The number of rotatable bonds is 1. The number of hydrogen-bond donors (Lipinski definition) is 0. The third-order valence-electron chi connectivity index (χ3n) is 3.23. The van der Waals surface area contributed by atoms with Gasteiger partial charge in [-0.3, -0.25) is 4.98 Å². The average Bonchev–Trinajstić information content (AvgIpc) is 2.49. The first-order valence-electron chi connectivity index (χ1n) is 7.06. The van der Waals surface area contributed by atoms with Crippen LogP contribution in [0.1, 0.15) is 37.1 Å². The van der Waals surface area contributed by atoms with Crippen LogP contribution in [0.5, 0.6) is 0 Å². The van der Waals surface area contributed by atoms with E-state index in [4.69, 9.17) is 0 Å². The van der Waals surface area contributed by atoms with Crippen LogP contribution in [-0.4, -0.2) is 4.98 Å². The van der Waals surface area contributed by atoms with Crippen molar-refractivity contribution in [3.63, 3.8) is 0 Å². The van der Waals surface area contributed by atoms with Gasteiger partial charge >= 0.3 is 0 Å². The normalized spacial score (nSPS) is 12.4. The monoisotopic (exact) mass is 251 g/mol. The largest absolute Gasteiger partial charge is 0.261 e. The first-order valence-corrected chi connectivity index (χ1v) is 7.06. The van der Waals surface area contributed by atoms with E-state index in [0.29, 0.717) is 0 Å². The van der Waals surface area contributed by atoms with Crippen LogP contribution in [0.3, 0.4) is 0 Å². The molecule has 0 fully saturated rings. The van der Waals surface area contributed by atoms with Crippen molar-refractivity contribution in [3.8, 4) is 11.1 Å². The molecule has 2 aromatic rings. The summed E-state index contributed by atoms with van der Waals surface area (Å²) in [6, 6.07) is 10.8. The second-order valence-electron chi connectivity index (χ2n) is 4.53. The van der Waals surface area contributed by atoms with Gasteiger partial charge in [0.15, 0.2) is 0 Å². The Morgan fingerprint density at radius 1 is 1.11 bits per heavy atom. The van der Waals surface area contributed by atoms with Crippen LogP contribution in [0.25, 0.3) is 17.2 Å². The highest BCUT2D eigenvalue weighted by Gasteiger charge is 2.11. The van der Waals surface area contributed by atoms with Crippen LogP contribution < -0.4 is 0 Å². The molecule has 0 aliphatic heterocycles. The van der Waals surface area contributed by atoms with Gasteiger partial charge in [0, 0.05) is 17.5 Å². The quantitative estimate of drug-likeness (QED) is 0.691. The Morgan fingerprint density at radius 3 is 2.74 bits per heavy atom. The van der Waals surface area contributed by atoms with Gasteiger partial charge in [0.05, 0.1) is 0 Å². The summed E-state index contributed by atoms with van der Waals surface area (Å²) in [7, 11) is 0. The molecule has 3 rings (SSSR count). The number of fused-ring (bicyclic) bond motifs is 1. The maximum Gasteiger partial charge on any atom is 0.0485 e. The Morgan fingerprint density at radius 2 is 1.95 bits per heavy atom. The molecule has 98 valence electrons. The lowest BCUT2D eigenvalue weighted by Gasteiger charge is -2.14. The fourth-order valence-electron chi connectivity index (χ4n) is 2.39. The van der Waals surface area contributed by atoms with E-state index in [1.807, 2.05) is 20.0 Å². The van der Waals surface area contributed by atoms with Crippen molar-refractivity contribution in [2.45, 2.75) is 33.6 Å². The molecule has 1 heteroatoms. The number of benzene rings is 1. The van der Waals surface area contributed by atoms with E-state index in [2.05, 4.69) is 54.4 Å². The third-order valence-corrected chi connectivity index (χ3v) is 3.23. The fraction of sp³-hybridized carbons (Fsp3) is 0.278. The minimum absolute atomic E-state index is 1.06. The fourth-order valence-corrected chi connectivity index (χ4v) is 2.39. The van der Waals surface area contributed by atoms with Crippen LogP contribution in [0, 0.1) is 6.92 Å². The number of allylic oxidation sites excluding steroid dienone is 1. The molecular formula is C18H21N. The highest BCUT2D eigenvalue weighted by molar-refractivity contribution is 5.77. The summed E-state index contributed by atoms with van der Waals surface area (Å²) in [5, 5.41) is 0. The van der Waals surface area contributed by atoms with Gasteiger partial charge in [-0.05, 0) is 37.0 Å². The lowest BCUT2D eigenvalue weighted by atomic mass is 9.93. The summed E-state index contributed by atoms with van der Waals surface area (Å²) < 4.78 is 0. The molecule has 19 heavy (non-hydrogen) atoms. The van der Waals surface area contributed by atoms with Crippen molar-refractivity contribution in [2.24, 2.45) is 0 Å². The molecular weight excluding hydrogens is 230 g/mol. The van der Waals surface area contributed by atoms with E-state index in [1.54, 1.807) is 0 Å². The van der Waals surface area contributed by atoms with Crippen LogP contribution in [-0.2, 0) is 6.42 Å². The highest BCUT2D eigenvalue weighted by atomic mass is 14.7. The number of pyridine rings is 1.